The second-order valence-corrected chi connectivity index (χ2v) is 9.17. The molecule has 6 heteroatoms. The second kappa shape index (κ2) is 10.6. The van der Waals surface area contributed by atoms with E-state index in [1.807, 2.05) is 11.0 Å². The molecular weight excluding hydrogens is 398 g/mol. The van der Waals surface area contributed by atoms with Gasteiger partial charge in [0.15, 0.2) is 0 Å². The van der Waals surface area contributed by atoms with Gasteiger partial charge in [-0.05, 0) is 43.7 Å². The van der Waals surface area contributed by atoms with Gasteiger partial charge in [0.25, 0.3) is 0 Å². The van der Waals surface area contributed by atoms with Gasteiger partial charge in [-0.3, -0.25) is 4.79 Å². The smallest absolute Gasteiger partial charge is 0.222 e. The number of piperidine rings is 1. The third kappa shape index (κ3) is 5.47. The largest absolute Gasteiger partial charge is 0.398 e. The Kier molecular flexibility index (Phi) is 7.40. The van der Waals surface area contributed by atoms with E-state index in [1.54, 1.807) is 12.3 Å². The zero-order valence-electron chi connectivity index (χ0n) is 18.9. The summed E-state index contributed by atoms with van der Waals surface area (Å²) in [6.07, 6.45) is 10.5. The van der Waals surface area contributed by atoms with Gasteiger partial charge in [-0.15, -0.1) is 0 Å². The van der Waals surface area contributed by atoms with Crippen molar-refractivity contribution in [3.8, 4) is 0 Å². The molecule has 1 atom stereocenters. The average molecular weight is 434 g/mol. The summed E-state index contributed by atoms with van der Waals surface area (Å²) < 4.78 is 0. The molecule has 1 unspecified atom stereocenters. The number of nitrogens with zero attached hydrogens (tertiary/aromatic N) is 2. The Labute approximate surface area is 191 Å². The molecule has 4 rings (SSSR count). The minimum atomic E-state index is 0.125. The van der Waals surface area contributed by atoms with E-state index in [1.165, 1.54) is 24.8 Å². The van der Waals surface area contributed by atoms with E-state index in [0.29, 0.717) is 47.6 Å². The lowest BCUT2D eigenvalue weighted by atomic mass is 9.90. The van der Waals surface area contributed by atoms with Gasteiger partial charge < -0.3 is 21.4 Å². The maximum Gasteiger partial charge on any atom is 0.222 e. The lowest BCUT2D eigenvalue weighted by Crippen LogP contribution is -2.39. The molecule has 1 aromatic heterocycles. The summed E-state index contributed by atoms with van der Waals surface area (Å²) in [5.41, 5.74) is 9.15. The molecule has 2 aliphatic rings. The molecule has 1 aliphatic heterocycles. The molecule has 170 valence electrons. The van der Waals surface area contributed by atoms with Gasteiger partial charge in [-0.25, -0.2) is 4.98 Å². The van der Waals surface area contributed by atoms with Crippen LogP contribution in [0.5, 0.6) is 0 Å². The summed E-state index contributed by atoms with van der Waals surface area (Å²) in [4.78, 5) is 19.4. The van der Waals surface area contributed by atoms with Gasteiger partial charge in [0.1, 0.15) is 5.82 Å². The van der Waals surface area contributed by atoms with Crippen LogP contribution < -0.4 is 11.1 Å². The van der Waals surface area contributed by atoms with Crippen molar-refractivity contribution >= 4 is 23.1 Å². The van der Waals surface area contributed by atoms with Crippen LogP contribution in [0.3, 0.4) is 0 Å². The fourth-order valence-corrected chi connectivity index (χ4v) is 5.06. The predicted octanol–water partition coefficient (Wildman–Crippen LogP) is 4.96. The van der Waals surface area contributed by atoms with E-state index >= 15 is 0 Å². The third-order valence-electron chi connectivity index (χ3n) is 6.86. The van der Waals surface area contributed by atoms with Crippen LogP contribution in [0, 0.1) is 5.41 Å². The van der Waals surface area contributed by atoms with Gasteiger partial charge >= 0.3 is 0 Å². The first kappa shape index (κ1) is 22.3. The highest BCUT2D eigenvalue weighted by molar-refractivity contribution is 6.07. The number of rotatable bonds is 7. The van der Waals surface area contributed by atoms with Crippen LogP contribution in [0.15, 0.2) is 42.6 Å². The number of hydrogen-bond acceptors (Lipinski definition) is 5. The van der Waals surface area contributed by atoms with Gasteiger partial charge in [-0.2, -0.15) is 0 Å². The minimum absolute atomic E-state index is 0.125. The highest BCUT2D eigenvalue weighted by atomic mass is 16.2. The minimum Gasteiger partial charge on any atom is -0.398 e. The maximum atomic E-state index is 13.0. The predicted molar refractivity (Wildman–Crippen MR) is 130 cm³/mol. The molecule has 1 amide bonds. The number of nitrogens with one attached hydrogen (secondary N) is 2. The van der Waals surface area contributed by atoms with Crippen LogP contribution >= 0.6 is 0 Å². The standard InChI is InChI=1S/C26H35N5O/c27-22(25-23(28)15-16-29-26(25)30-21-11-5-2-6-12-21)13-14-24(32)31-17-7-10-20(18-31)19-8-3-1-4-9-19/h1,3-4,8-9,15-16,20-21,27H,2,5-7,10-14,17-18H2,(H3,28,29,30). The van der Waals surface area contributed by atoms with Crippen molar-refractivity contribution in [1.29, 1.82) is 5.41 Å². The van der Waals surface area contributed by atoms with Crippen LogP contribution in [0.1, 0.15) is 74.8 Å². The van der Waals surface area contributed by atoms with Crippen LogP contribution in [0.4, 0.5) is 11.5 Å². The fourth-order valence-electron chi connectivity index (χ4n) is 5.06. The summed E-state index contributed by atoms with van der Waals surface area (Å²) in [5.74, 6) is 1.21. The average Bonchev–Trinajstić information content (AvgIpc) is 2.84. The molecular formula is C26H35N5O. The molecule has 4 N–H and O–H groups in total. The van der Waals surface area contributed by atoms with Crippen LogP contribution in [0.2, 0.25) is 0 Å². The normalized spacial score (nSPS) is 19.5. The molecule has 1 saturated heterocycles. The molecule has 2 aromatic rings. The Balaban J connectivity index is 1.36. The van der Waals surface area contributed by atoms with Crippen LogP contribution in [-0.4, -0.2) is 40.6 Å². The van der Waals surface area contributed by atoms with E-state index in [-0.39, 0.29) is 5.91 Å². The van der Waals surface area contributed by atoms with E-state index in [9.17, 15) is 4.79 Å². The second-order valence-electron chi connectivity index (χ2n) is 9.17. The molecule has 32 heavy (non-hydrogen) atoms. The molecule has 0 bridgehead atoms. The van der Waals surface area contributed by atoms with E-state index in [2.05, 4.69) is 34.6 Å². The Hall–Kier alpha value is -2.89. The zero-order chi connectivity index (χ0) is 22.3. The number of nitrogens with two attached hydrogens (primary N) is 1. The first-order valence-corrected chi connectivity index (χ1v) is 12.0. The third-order valence-corrected chi connectivity index (χ3v) is 6.86. The Morgan fingerprint density at radius 2 is 1.84 bits per heavy atom. The summed E-state index contributed by atoms with van der Waals surface area (Å²) in [5, 5.41) is 12.2. The van der Waals surface area contributed by atoms with Gasteiger partial charge in [-0.1, -0.05) is 49.6 Å². The summed E-state index contributed by atoms with van der Waals surface area (Å²) in [7, 11) is 0. The monoisotopic (exact) mass is 433 g/mol. The molecule has 1 saturated carbocycles. The number of amides is 1. The number of anilines is 2. The van der Waals surface area contributed by atoms with Crippen molar-refractivity contribution in [2.24, 2.45) is 0 Å². The lowest BCUT2D eigenvalue weighted by molar-refractivity contribution is -0.132. The van der Waals surface area contributed by atoms with Crippen LogP contribution in [0.25, 0.3) is 0 Å². The molecule has 6 nitrogen and oxygen atoms in total. The maximum absolute atomic E-state index is 13.0. The molecule has 2 fully saturated rings. The Morgan fingerprint density at radius 3 is 2.62 bits per heavy atom. The summed E-state index contributed by atoms with van der Waals surface area (Å²) in [6.45, 7) is 1.57. The van der Waals surface area contributed by atoms with E-state index in [4.69, 9.17) is 11.1 Å². The van der Waals surface area contributed by atoms with Crippen LogP contribution in [-0.2, 0) is 4.79 Å². The number of likely N-dealkylation sites (tertiary alicyclic amines) is 1. The Morgan fingerprint density at radius 1 is 1.06 bits per heavy atom. The number of pyridine rings is 1. The number of hydrogen-bond donors (Lipinski definition) is 3. The fraction of sp³-hybridized carbons (Fsp3) is 0.500. The highest BCUT2D eigenvalue weighted by Gasteiger charge is 2.25. The van der Waals surface area contributed by atoms with Gasteiger partial charge in [0.2, 0.25) is 5.91 Å². The summed E-state index contributed by atoms with van der Waals surface area (Å²) in [6, 6.07) is 12.6. The Bertz CT molecular complexity index is 923. The van der Waals surface area contributed by atoms with E-state index in [0.717, 1.165) is 38.8 Å². The number of benzene rings is 1. The van der Waals surface area contributed by atoms with Crippen molar-refractivity contribution in [1.82, 2.24) is 9.88 Å². The topological polar surface area (TPSA) is 95.1 Å². The van der Waals surface area contributed by atoms with Crippen molar-refractivity contribution in [3.05, 3.63) is 53.7 Å². The highest BCUT2D eigenvalue weighted by Crippen LogP contribution is 2.29. The van der Waals surface area contributed by atoms with E-state index < -0.39 is 0 Å². The molecule has 2 heterocycles. The zero-order valence-corrected chi connectivity index (χ0v) is 18.9. The number of carbonyl (C=O) groups is 1. The van der Waals surface area contributed by atoms with Crippen molar-refractivity contribution in [2.75, 3.05) is 24.1 Å². The quantitative estimate of drug-likeness (QED) is 0.538. The molecule has 1 aliphatic carbocycles. The summed E-state index contributed by atoms with van der Waals surface area (Å²) >= 11 is 0. The number of carbonyl (C=O) groups excluding carboxylic acids is 1. The first-order chi connectivity index (χ1) is 15.6. The van der Waals surface area contributed by atoms with Crippen molar-refractivity contribution < 1.29 is 4.79 Å². The van der Waals surface area contributed by atoms with Gasteiger partial charge in [0.05, 0.1) is 5.56 Å². The number of aromatic nitrogens is 1. The molecule has 0 spiro atoms. The van der Waals surface area contributed by atoms with Crippen molar-refractivity contribution in [3.63, 3.8) is 0 Å². The van der Waals surface area contributed by atoms with Crippen molar-refractivity contribution in [2.45, 2.75) is 69.7 Å². The molecule has 1 aromatic carbocycles. The number of nitrogen functional groups attached to an aromatic ring is 1. The SMILES string of the molecule is N=C(CCC(=O)N1CCCC(c2ccccc2)C1)c1c(N)ccnc1NC1CCCCC1. The van der Waals surface area contributed by atoms with Gasteiger partial charge in [0, 0.05) is 49.1 Å². The first-order valence-electron chi connectivity index (χ1n) is 12.0. The molecule has 0 radical (unpaired) electrons. The lowest BCUT2D eigenvalue weighted by Gasteiger charge is -2.33.